The van der Waals surface area contributed by atoms with Crippen LogP contribution in [0.4, 0.5) is 0 Å². The van der Waals surface area contributed by atoms with E-state index < -0.39 is 0 Å². The third-order valence-electron chi connectivity index (χ3n) is 2.46. The molecule has 0 aliphatic heterocycles. The minimum atomic E-state index is 0.0569. The molecule has 1 heterocycles. The molecule has 0 bridgehead atoms. The molecule has 0 aliphatic carbocycles. The van der Waals surface area contributed by atoms with Crippen molar-refractivity contribution in [2.24, 2.45) is 0 Å². The number of hydrogen-bond donors (Lipinski definition) is 0. The van der Waals surface area contributed by atoms with Gasteiger partial charge in [-0.25, -0.2) is 4.98 Å². The number of pyridine rings is 1. The average Bonchev–Trinajstić information content (AvgIpc) is 2.46. The predicted molar refractivity (Wildman–Crippen MR) is 80.0 cm³/mol. The maximum Gasteiger partial charge on any atom is 0.173 e. The smallest absolute Gasteiger partial charge is 0.173 e. The molecule has 0 amide bonds. The number of benzene rings is 1. The molecule has 0 spiro atoms. The normalized spacial score (nSPS) is 10.2. The zero-order valence-electron chi connectivity index (χ0n) is 10.3. The first-order valence-corrected chi connectivity index (χ1v) is 7.39. The fourth-order valence-electron chi connectivity index (χ4n) is 1.49. The largest absolute Gasteiger partial charge is 0.497 e. The lowest BCUT2D eigenvalue weighted by Crippen LogP contribution is -2.03. The van der Waals surface area contributed by atoms with Crippen LogP contribution in [-0.4, -0.2) is 23.6 Å². The van der Waals surface area contributed by atoms with Crippen LogP contribution < -0.4 is 4.74 Å². The van der Waals surface area contributed by atoms with Gasteiger partial charge in [-0.15, -0.1) is 0 Å². The van der Waals surface area contributed by atoms with Crippen molar-refractivity contribution in [3.63, 3.8) is 0 Å². The van der Waals surface area contributed by atoms with Gasteiger partial charge in [-0.05, 0) is 40.2 Å². The van der Waals surface area contributed by atoms with E-state index >= 15 is 0 Å². The molecule has 0 radical (unpaired) electrons. The highest BCUT2D eigenvalue weighted by Gasteiger charge is 2.09. The van der Waals surface area contributed by atoms with Crippen molar-refractivity contribution in [1.29, 1.82) is 0 Å². The molecule has 2 aromatic rings. The molecular formula is C14H12BrNO2S. The summed E-state index contributed by atoms with van der Waals surface area (Å²) in [6.45, 7) is 0. The minimum Gasteiger partial charge on any atom is -0.497 e. The first-order valence-electron chi connectivity index (χ1n) is 5.61. The summed E-state index contributed by atoms with van der Waals surface area (Å²) in [6, 6.07) is 10.9. The van der Waals surface area contributed by atoms with Gasteiger partial charge in [0, 0.05) is 16.2 Å². The highest BCUT2D eigenvalue weighted by atomic mass is 79.9. The van der Waals surface area contributed by atoms with E-state index in [-0.39, 0.29) is 5.78 Å². The summed E-state index contributed by atoms with van der Waals surface area (Å²) in [4.78, 5) is 16.3. The van der Waals surface area contributed by atoms with Gasteiger partial charge >= 0.3 is 0 Å². The van der Waals surface area contributed by atoms with Crippen LogP contribution in [0.2, 0.25) is 0 Å². The third-order valence-corrected chi connectivity index (χ3v) is 4.36. The number of halogens is 1. The van der Waals surface area contributed by atoms with E-state index in [4.69, 9.17) is 4.74 Å². The zero-order chi connectivity index (χ0) is 13.7. The number of ketones is 1. The Balaban J connectivity index is 2.03. The topological polar surface area (TPSA) is 39.2 Å². The molecule has 0 aliphatic rings. The predicted octanol–water partition coefficient (Wildman–Crippen LogP) is 3.83. The number of hydrogen-bond acceptors (Lipinski definition) is 4. The standard InChI is InChI=1S/C14H12BrNO2S/c1-18-11-5-2-4-10(8-11)13(17)9-19-14-12(15)6-3-7-16-14/h2-8H,9H2,1H3. The van der Waals surface area contributed by atoms with Gasteiger partial charge < -0.3 is 4.74 Å². The summed E-state index contributed by atoms with van der Waals surface area (Å²) >= 11 is 4.83. The number of ether oxygens (including phenoxy) is 1. The van der Waals surface area contributed by atoms with Gasteiger partial charge in [0.25, 0.3) is 0 Å². The fourth-order valence-corrected chi connectivity index (χ4v) is 2.87. The number of carbonyl (C=O) groups is 1. The van der Waals surface area contributed by atoms with E-state index in [0.29, 0.717) is 17.1 Å². The minimum absolute atomic E-state index is 0.0569. The summed E-state index contributed by atoms with van der Waals surface area (Å²) in [6.07, 6.45) is 1.71. The SMILES string of the molecule is COc1cccc(C(=O)CSc2ncccc2Br)c1. The Labute approximate surface area is 124 Å². The molecule has 0 saturated carbocycles. The lowest BCUT2D eigenvalue weighted by molar-refractivity contribution is 0.102. The number of Topliss-reactive ketones (excluding diaryl/α,β-unsaturated/α-hetero) is 1. The Kier molecular flexibility index (Phi) is 4.99. The molecule has 5 heteroatoms. The van der Waals surface area contributed by atoms with Crippen molar-refractivity contribution in [1.82, 2.24) is 4.98 Å². The third kappa shape index (κ3) is 3.81. The molecular weight excluding hydrogens is 326 g/mol. The van der Waals surface area contributed by atoms with Crippen molar-refractivity contribution < 1.29 is 9.53 Å². The molecule has 3 nitrogen and oxygen atoms in total. The first kappa shape index (κ1) is 14.1. The molecule has 19 heavy (non-hydrogen) atoms. The van der Waals surface area contributed by atoms with Gasteiger partial charge in [-0.1, -0.05) is 23.9 Å². The van der Waals surface area contributed by atoms with E-state index in [9.17, 15) is 4.79 Å². The Morgan fingerprint density at radius 1 is 1.37 bits per heavy atom. The molecule has 0 saturated heterocycles. The Morgan fingerprint density at radius 2 is 2.21 bits per heavy atom. The van der Waals surface area contributed by atoms with Crippen LogP contribution in [0.5, 0.6) is 5.75 Å². The van der Waals surface area contributed by atoms with Crippen molar-refractivity contribution in [2.75, 3.05) is 12.9 Å². The Hall–Kier alpha value is -1.33. The van der Waals surface area contributed by atoms with Crippen LogP contribution >= 0.6 is 27.7 Å². The van der Waals surface area contributed by atoms with Crippen LogP contribution in [-0.2, 0) is 0 Å². The van der Waals surface area contributed by atoms with Gasteiger partial charge in [-0.3, -0.25) is 4.79 Å². The monoisotopic (exact) mass is 337 g/mol. The molecule has 98 valence electrons. The van der Waals surface area contributed by atoms with Crippen LogP contribution in [0.15, 0.2) is 52.1 Å². The number of nitrogens with zero attached hydrogens (tertiary/aromatic N) is 1. The van der Waals surface area contributed by atoms with Gasteiger partial charge in [0.2, 0.25) is 0 Å². The van der Waals surface area contributed by atoms with Crippen molar-refractivity contribution in [3.8, 4) is 5.75 Å². The molecule has 0 N–H and O–H groups in total. The molecule has 0 unspecified atom stereocenters. The highest BCUT2D eigenvalue weighted by Crippen LogP contribution is 2.25. The molecule has 0 fully saturated rings. The molecule has 1 aromatic carbocycles. The summed E-state index contributed by atoms with van der Waals surface area (Å²) in [5.41, 5.74) is 0.652. The summed E-state index contributed by atoms with van der Waals surface area (Å²) in [5.74, 6) is 1.10. The number of aromatic nitrogens is 1. The van der Waals surface area contributed by atoms with E-state index in [1.54, 1.807) is 25.4 Å². The number of carbonyl (C=O) groups excluding carboxylic acids is 1. The van der Waals surface area contributed by atoms with Gasteiger partial charge in [0.15, 0.2) is 5.78 Å². The van der Waals surface area contributed by atoms with E-state index in [2.05, 4.69) is 20.9 Å². The number of thioether (sulfide) groups is 1. The summed E-state index contributed by atoms with van der Waals surface area (Å²) < 4.78 is 6.01. The van der Waals surface area contributed by atoms with Crippen LogP contribution in [0, 0.1) is 0 Å². The Bertz CT molecular complexity index is 589. The molecule has 1 aromatic heterocycles. The lowest BCUT2D eigenvalue weighted by Gasteiger charge is -2.04. The molecule has 2 rings (SSSR count). The van der Waals surface area contributed by atoms with Crippen molar-refractivity contribution >= 4 is 33.5 Å². The average molecular weight is 338 g/mol. The van der Waals surface area contributed by atoms with E-state index in [1.807, 2.05) is 24.3 Å². The fraction of sp³-hybridized carbons (Fsp3) is 0.143. The van der Waals surface area contributed by atoms with E-state index in [1.165, 1.54) is 11.8 Å². The maximum absolute atomic E-state index is 12.1. The maximum atomic E-state index is 12.1. The lowest BCUT2D eigenvalue weighted by atomic mass is 10.1. The van der Waals surface area contributed by atoms with Crippen LogP contribution in [0.3, 0.4) is 0 Å². The highest BCUT2D eigenvalue weighted by molar-refractivity contribution is 9.10. The molecule has 0 atom stereocenters. The number of rotatable bonds is 5. The second-order valence-corrected chi connectivity index (χ2v) is 5.55. The second-order valence-electron chi connectivity index (χ2n) is 3.73. The van der Waals surface area contributed by atoms with Crippen LogP contribution in [0.25, 0.3) is 0 Å². The van der Waals surface area contributed by atoms with Crippen LogP contribution in [0.1, 0.15) is 10.4 Å². The second kappa shape index (κ2) is 6.73. The van der Waals surface area contributed by atoms with Gasteiger partial charge in [-0.2, -0.15) is 0 Å². The summed E-state index contributed by atoms with van der Waals surface area (Å²) in [5, 5.41) is 0.818. The first-order chi connectivity index (χ1) is 9.20. The quantitative estimate of drug-likeness (QED) is 0.614. The van der Waals surface area contributed by atoms with Gasteiger partial charge in [0.05, 0.1) is 12.9 Å². The Morgan fingerprint density at radius 3 is 2.95 bits per heavy atom. The van der Waals surface area contributed by atoms with Gasteiger partial charge in [0.1, 0.15) is 10.8 Å². The summed E-state index contributed by atoms with van der Waals surface area (Å²) in [7, 11) is 1.59. The zero-order valence-corrected chi connectivity index (χ0v) is 12.7. The number of methoxy groups -OCH3 is 1. The van der Waals surface area contributed by atoms with Crippen molar-refractivity contribution in [2.45, 2.75) is 5.03 Å². The van der Waals surface area contributed by atoms with E-state index in [0.717, 1.165) is 9.50 Å². The van der Waals surface area contributed by atoms with Crippen molar-refractivity contribution in [3.05, 3.63) is 52.6 Å².